The highest BCUT2D eigenvalue weighted by molar-refractivity contribution is 7.89. The highest BCUT2D eigenvalue weighted by atomic mass is 32.2. The largest absolute Gasteiger partial charge is 0.398 e. The molecule has 0 spiro atoms. The van der Waals surface area contributed by atoms with Gasteiger partial charge in [-0.25, -0.2) is 17.5 Å². The van der Waals surface area contributed by atoms with Crippen molar-refractivity contribution in [1.82, 2.24) is 9.71 Å². The van der Waals surface area contributed by atoms with Gasteiger partial charge in [0.15, 0.2) is 0 Å². The summed E-state index contributed by atoms with van der Waals surface area (Å²) in [4.78, 5) is 3.65. The lowest BCUT2D eigenvalue weighted by atomic mass is 10.2. The van der Waals surface area contributed by atoms with Gasteiger partial charge < -0.3 is 5.73 Å². The van der Waals surface area contributed by atoms with E-state index in [2.05, 4.69) is 9.71 Å². The molecule has 0 fully saturated rings. The number of benzene rings is 1. The minimum Gasteiger partial charge on any atom is -0.398 e. The lowest BCUT2D eigenvalue weighted by Crippen LogP contribution is -2.27. The highest BCUT2D eigenvalue weighted by Gasteiger charge is 2.21. The maximum absolute atomic E-state index is 13.2. The first-order valence-electron chi connectivity index (χ1n) is 5.87. The number of aromatic nitrogens is 1. The molecule has 0 aliphatic heterocycles. The van der Waals surface area contributed by atoms with Gasteiger partial charge in [0, 0.05) is 18.4 Å². The average Bonchev–Trinajstić information content (AvgIpc) is 2.42. The Hall–Kier alpha value is -1.99. The third-order valence-corrected chi connectivity index (χ3v) is 4.38. The second-order valence-electron chi connectivity index (χ2n) is 4.31. The normalized spacial score (nSPS) is 13.1. The Morgan fingerprint density at radius 2 is 2.10 bits per heavy atom. The van der Waals surface area contributed by atoms with Crippen molar-refractivity contribution in [2.24, 2.45) is 0 Å². The van der Waals surface area contributed by atoms with Gasteiger partial charge in [0.2, 0.25) is 10.0 Å². The molecule has 0 amide bonds. The molecule has 1 heterocycles. The minimum absolute atomic E-state index is 0.00251. The lowest BCUT2D eigenvalue weighted by molar-refractivity contribution is 0.564. The quantitative estimate of drug-likeness (QED) is 0.843. The summed E-state index contributed by atoms with van der Waals surface area (Å²) >= 11 is 0. The number of nitrogens with one attached hydrogen (secondary N) is 1. The number of nitrogens with two attached hydrogens (primary N) is 1. The molecule has 1 aromatic heterocycles. The Labute approximate surface area is 116 Å². The van der Waals surface area contributed by atoms with Gasteiger partial charge in [-0.2, -0.15) is 0 Å². The number of nitrogens with zero attached hydrogens (tertiary/aromatic N) is 1. The summed E-state index contributed by atoms with van der Waals surface area (Å²) in [6, 6.07) is 6.17. The van der Waals surface area contributed by atoms with Crippen LogP contribution in [0.5, 0.6) is 0 Å². The molecule has 1 aromatic carbocycles. The number of anilines is 1. The number of nitrogen functional groups attached to an aromatic ring is 1. The third kappa shape index (κ3) is 3.12. The Morgan fingerprint density at radius 1 is 1.35 bits per heavy atom. The van der Waals surface area contributed by atoms with Crippen LogP contribution in [0.3, 0.4) is 0 Å². The first-order valence-corrected chi connectivity index (χ1v) is 7.36. The molecule has 7 heteroatoms. The van der Waals surface area contributed by atoms with E-state index in [9.17, 15) is 12.8 Å². The second-order valence-corrected chi connectivity index (χ2v) is 5.99. The van der Waals surface area contributed by atoms with Crippen molar-refractivity contribution in [3.8, 4) is 0 Å². The number of hydrogen-bond acceptors (Lipinski definition) is 4. The average molecular weight is 295 g/mol. The molecule has 2 aromatic rings. The molecule has 106 valence electrons. The van der Waals surface area contributed by atoms with Crippen LogP contribution in [0, 0.1) is 5.82 Å². The molecule has 0 bridgehead atoms. The van der Waals surface area contributed by atoms with Crippen molar-refractivity contribution in [3.63, 3.8) is 0 Å². The van der Waals surface area contributed by atoms with Crippen LogP contribution in [0.1, 0.15) is 18.5 Å². The molecule has 0 radical (unpaired) electrons. The number of pyridine rings is 1. The molecule has 5 nitrogen and oxygen atoms in total. The third-order valence-electron chi connectivity index (χ3n) is 2.78. The molecule has 0 aliphatic rings. The molecule has 0 saturated carbocycles. The molecular formula is C13H14FN3O2S. The predicted octanol–water partition coefficient (Wildman–Crippen LogP) is 1.84. The smallest absolute Gasteiger partial charge is 0.243 e. The Kier molecular flexibility index (Phi) is 4.01. The summed E-state index contributed by atoms with van der Waals surface area (Å²) in [5, 5.41) is 0. The van der Waals surface area contributed by atoms with Gasteiger partial charge in [0.1, 0.15) is 10.7 Å². The van der Waals surface area contributed by atoms with E-state index in [0.29, 0.717) is 5.56 Å². The van der Waals surface area contributed by atoms with E-state index in [1.54, 1.807) is 31.5 Å². The standard InChI is InChI=1S/C13H14FN3O2S/c1-9(10-3-2-6-16-8-10)17-20(18,19)13-7-11(14)4-5-12(13)15/h2-9,17H,15H2,1H3. The highest BCUT2D eigenvalue weighted by Crippen LogP contribution is 2.21. The lowest BCUT2D eigenvalue weighted by Gasteiger charge is -2.15. The zero-order chi connectivity index (χ0) is 14.8. The number of hydrogen-bond donors (Lipinski definition) is 2. The molecule has 1 atom stereocenters. The Balaban J connectivity index is 2.30. The number of halogens is 1. The zero-order valence-corrected chi connectivity index (χ0v) is 11.6. The van der Waals surface area contributed by atoms with Crippen molar-refractivity contribution in [2.45, 2.75) is 17.9 Å². The first-order chi connectivity index (χ1) is 9.40. The van der Waals surface area contributed by atoms with Crippen molar-refractivity contribution in [2.75, 3.05) is 5.73 Å². The van der Waals surface area contributed by atoms with Gasteiger partial charge in [-0.15, -0.1) is 0 Å². The summed E-state index contributed by atoms with van der Waals surface area (Å²) in [6.07, 6.45) is 3.15. The van der Waals surface area contributed by atoms with Crippen LogP contribution in [0.25, 0.3) is 0 Å². The maximum atomic E-state index is 13.2. The number of sulfonamides is 1. The van der Waals surface area contributed by atoms with Gasteiger partial charge in [-0.1, -0.05) is 6.07 Å². The fourth-order valence-corrected chi connectivity index (χ4v) is 3.11. The molecule has 0 aliphatic carbocycles. The second kappa shape index (κ2) is 5.56. The molecule has 1 unspecified atom stereocenters. The summed E-state index contributed by atoms with van der Waals surface area (Å²) in [7, 11) is -3.90. The van der Waals surface area contributed by atoms with E-state index in [-0.39, 0.29) is 10.6 Å². The van der Waals surface area contributed by atoms with E-state index in [0.717, 1.165) is 12.1 Å². The van der Waals surface area contributed by atoms with E-state index in [1.165, 1.54) is 6.07 Å². The molecular weight excluding hydrogens is 281 g/mol. The SMILES string of the molecule is CC(NS(=O)(=O)c1cc(F)ccc1N)c1cccnc1. The molecule has 2 rings (SSSR count). The summed E-state index contributed by atoms with van der Waals surface area (Å²) < 4.78 is 40.0. The predicted molar refractivity (Wildman–Crippen MR) is 73.8 cm³/mol. The van der Waals surface area contributed by atoms with Crippen molar-refractivity contribution < 1.29 is 12.8 Å². The van der Waals surface area contributed by atoms with Gasteiger partial charge in [-0.3, -0.25) is 4.98 Å². The van der Waals surface area contributed by atoms with Gasteiger partial charge >= 0.3 is 0 Å². The fourth-order valence-electron chi connectivity index (χ4n) is 1.74. The van der Waals surface area contributed by atoms with E-state index >= 15 is 0 Å². The van der Waals surface area contributed by atoms with Crippen molar-refractivity contribution in [1.29, 1.82) is 0 Å². The van der Waals surface area contributed by atoms with E-state index in [1.807, 2.05) is 0 Å². The van der Waals surface area contributed by atoms with Gasteiger partial charge in [0.25, 0.3) is 0 Å². The first kappa shape index (κ1) is 14.4. The Bertz CT molecular complexity index is 705. The summed E-state index contributed by atoms with van der Waals surface area (Å²) in [5.41, 5.74) is 6.29. The number of rotatable bonds is 4. The molecule has 0 saturated heterocycles. The van der Waals surface area contributed by atoms with Crippen molar-refractivity contribution in [3.05, 3.63) is 54.1 Å². The summed E-state index contributed by atoms with van der Waals surface area (Å²) in [6.45, 7) is 1.67. The fraction of sp³-hybridized carbons (Fsp3) is 0.154. The summed E-state index contributed by atoms with van der Waals surface area (Å²) in [5.74, 6) is -0.659. The molecule has 20 heavy (non-hydrogen) atoms. The monoisotopic (exact) mass is 295 g/mol. The van der Waals surface area contributed by atoms with Crippen LogP contribution in [-0.2, 0) is 10.0 Å². The van der Waals surface area contributed by atoms with Crippen LogP contribution < -0.4 is 10.5 Å². The topological polar surface area (TPSA) is 85.1 Å². The van der Waals surface area contributed by atoms with Crippen molar-refractivity contribution >= 4 is 15.7 Å². The van der Waals surface area contributed by atoms with Gasteiger partial charge in [0.05, 0.1) is 5.69 Å². The minimum atomic E-state index is -3.90. The maximum Gasteiger partial charge on any atom is 0.243 e. The van der Waals surface area contributed by atoms with Crippen LogP contribution in [0.4, 0.5) is 10.1 Å². The van der Waals surface area contributed by atoms with Crippen LogP contribution >= 0.6 is 0 Å². The van der Waals surface area contributed by atoms with Gasteiger partial charge in [-0.05, 0) is 36.8 Å². The van der Waals surface area contributed by atoms with Crippen LogP contribution in [0.2, 0.25) is 0 Å². The Morgan fingerprint density at radius 3 is 2.75 bits per heavy atom. The van der Waals surface area contributed by atoms with Crippen LogP contribution in [0.15, 0.2) is 47.6 Å². The van der Waals surface area contributed by atoms with E-state index < -0.39 is 21.9 Å². The zero-order valence-electron chi connectivity index (χ0n) is 10.7. The molecule has 3 N–H and O–H groups in total. The van der Waals surface area contributed by atoms with Crippen LogP contribution in [-0.4, -0.2) is 13.4 Å². The van der Waals surface area contributed by atoms with E-state index in [4.69, 9.17) is 5.73 Å².